The number of hydrogen-bond donors (Lipinski definition) is 1. The summed E-state index contributed by atoms with van der Waals surface area (Å²) in [4.78, 5) is 11.9. The zero-order valence-corrected chi connectivity index (χ0v) is 11.6. The average Bonchev–Trinajstić information content (AvgIpc) is 2.50. The first-order chi connectivity index (χ1) is 10.2. The van der Waals surface area contributed by atoms with Crippen molar-refractivity contribution in [3.8, 4) is 0 Å². The Morgan fingerprint density at radius 2 is 1.67 bits per heavy atom. The molecule has 1 atom stereocenters. The molecular formula is C18H16FNO. The zero-order valence-electron chi connectivity index (χ0n) is 11.6. The van der Waals surface area contributed by atoms with Crippen LogP contribution >= 0.6 is 0 Å². The lowest BCUT2D eigenvalue weighted by atomic mass is 9.85. The van der Waals surface area contributed by atoms with Gasteiger partial charge in [0.05, 0.1) is 5.69 Å². The maximum atomic E-state index is 13.7. The van der Waals surface area contributed by atoms with Crippen molar-refractivity contribution in [2.75, 3.05) is 5.32 Å². The summed E-state index contributed by atoms with van der Waals surface area (Å²) in [7, 11) is 0. The summed E-state index contributed by atoms with van der Waals surface area (Å²) in [6.45, 7) is 0. The molecule has 1 aliphatic rings. The summed E-state index contributed by atoms with van der Waals surface area (Å²) < 4.78 is 13.7. The number of hydrogen-bond acceptors (Lipinski definition) is 2. The maximum Gasteiger partial charge on any atom is 0.158 e. The van der Waals surface area contributed by atoms with Crippen LogP contribution in [-0.4, -0.2) is 5.78 Å². The number of ketones is 1. The number of nitrogens with one attached hydrogen (secondary N) is 1. The molecule has 21 heavy (non-hydrogen) atoms. The first-order valence-electron chi connectivity index (χ1n) is 7.02. The van der Waals surface area contributed by atoms with E-state index in [1.54, 1.807) is 24.3 Å². The van der Waals surface area contributed by atoms with Gasteiger partial charge in [-0.3, -0.25) is 4.79 Å². The number of benzene rings is 2. The Labute approximate surface area is 123 Å². The van der Waals surface area contributed by atoms with E-state index in [0.29, 0.717) is 18.5 Å². The van der Waals surface area contributed by atoms with E-state index in [1.807, 2.05) is 30.3 Å². The van der Waals surface area contributed by atoms with Crippen molar-refractivity contribution in [3.63, 3.8) is 0 Å². The van der Waals surface area contributed by atoms with Crippen molar-refractivity contribution in [1.29, 1.82) is 0 Å². The van der Waals surface area contributed by atoms with E-state index in [-0.39, 0.29) is 17.5 Å². The van der Waals surface area contributed by atoms with Gasteiger partial charge in [0.25, 0.3) is 0 Å². The number of carbonyl (C=O) groups is 1. The van der Waals surface area contributed by atoms with Crippen LogP contribution in [0.4, 0.5) is 10.1 Å². The van der Waals surface area contributed by atoms with Crippen molar-refractivity contribution in [2.24, 2.45) is 0 Å². The summed E-state index contributed by atoms with van der Waals surface area (Å²) in [5.41, 5.74) is 2.32. The van der Waals surface area contributed by atoms with Gasteiger partial charge in [0.2, 0.25) is 0 Å². The predicted octanol–water partition coefficient (Wildman–Crippen LogP) is 4.27. The molecule has 0 unspecified atom stereocenters. The average molecular weight is 281 g/mol. The summed E-state index contributed by atoms with van der Waals surface area (Å²) >= 11 is 0. The van der Waals surface area contributed by atoms with Gasteiger partial charge in [-0.1, -0.05) is 42.5 Å². The molecule has 106 valence electrons. The zero-order chi connectivity index (χ0) is 14.7. The molecule has 2 aromatic carbocycles. The number of anilines is 1. The minimum atomic E-state index is -0.312. The first kappa shape index (κ1) is 13.6. The predicted molar refractivity (Wildman–Crippen MR) is 81.5 cm³/mol. The highest BCUT2D eigenvalue weighted by atomic mass is 19.1. The van der Waals surface area contributed by atoms with Gasteiger partial charge in [-0.15, -0.1) is 0 Å². The summed E-state index contributed by atoms with van der Waals surface area (Å²) in [6, 6.07) is 16.5. The molecule has 0 aromatic heterocycles. The van der Waals surface area contributed by atoms with Crippen LogP contribution in [0.2, 0.25) is 0 Å². The van der Waals surface area contributed by atoms with Gasteiger partial charge in [-0.2, -0.15) is 0 Å². The molecule has 2 aromatic rings. The van der Waals surface area contributed by atoms with E-state index in [1.165, 1.54) is 6.07 Å². The molecule has 1 N–H and O–H groups in total. The summed E-state index contributed by atoms with van der Waals surface area (Å²) in [6.07, 6.45) is 2.81. The number of rotatable bonds is 3. The number of para-hydroxylation sites is 1. The third-order valence-electron chi connectivity index (χ3n) is 3.69. The Morgan fingerprint density at radius 3 is 2.43 bits per heavy atom. The second-order valence-corrected chi connectivity index (χ2v) is 5.26. The Hall–Kier alpha value is -2.42. The van der Waals surface area contributed by atoms with E-state index in [0.717, 1.165) is 11.3 Å². The molecule has 0 heterocycles. The van der Waals surface area contributed by atoms with Gasteiger partial charge >= 0.3 is 0 Å². The fourth-order valence-corrected chi connectivity index (χ4v) is 2.68. The second kappa shape index (κ2) is 5.92. The van der Waals surface area contributed by atoms with Crippen LogP contribution in [0.3, 0.4) is 0 Å². The molecule has 0 saturated heterocycles. The fourth-order valence-electron chi connectivity index (χ4n) is 2.68. The molecule has 3 heteroatoms. The largest absolute Gasteiger partial charge is 0.356 e. The minimum absolute atomic E-state index is 0.0777. The summed E-state index contributed by atoms with van der Waals surface area (Å²) in [5, 5.41) is 3.04. The Bertz CT molecular complexity index is 679. The Kier molecular flexibility index (Phi) is 3.82. The highest BCUT2D eigenvalue weighted by Gasteiger charge is 2.22. The van der Waals surface area contributed by atoms with Crippen LogP contribution in [-0.2, 0) is 4.79 Å². The first-order valence-corrected chi connectivity index (χ1v) is 7.02. The summed E-state index contributed by atoms with van der Waals surface area (Å²) in [5.74, 6) is -0.0837. The topological polar surface area (TPSA) is 29.1 Å². The fraction of sp³-hybridized carbons (Fsp3) is 0.167. The lowest BCUT2D eigenvalue weighted by molar-refractivity contribution is -0.115. The lowest BCUT2D eigenvalue weighted by Crippen LogP contribution is -2.17. The van der Waals surface area contributed by atoms with E-state index < -0.39 is 0 Å². The van der Waals surface area contributed by atoms with Crippen LogP contribution < -0.4 is 5.32 Å². The molecule has 0 spiro atoms. The monoisotopic (exact) mass is 281 g/mol. The third-order valence-corrected chi connectivity index (χ3v) is 3.69. The van der Waals surface area contributed by atoms with E-state index in [2.05, 4.69) is 5.32 Å². The van der Waals surface area contributed by atoms with E-state index in [4.69, 9.17) is 0 Å². The van der Waals surface area contributed by atoms with Crippen LogP contribution in [0.15, 0.2) is 66.4 Å². The molecule has 0 aliphatic heterocycles. The van der Waals surface area contributed by atoms with Crippen LogP contribution in [0.5, 0.6) is 0 Å². The van der Waals surface area contributed by atoms with E-state index >= 15 is 0 Å². The molecule has 0 saturated carbocycles. The SMILES string of the molecule is O=C1C=C(Nc2ccccc2F)C[C@H](c2ccccc2)C1. The van der Waals surface area contributed by atoms with Crippen molar-refractivity contribution in [1.82, 2.24) is 0 Å². The van der Waals surface area contributed by atoms with Gasteiger partial charge in [0.15, 0.2) is 5.78 Å². The molecule has 2 nitrogen and oxygen atoms in total. The molecule has 0 fully saturated rings. The highest BCUT2D eigenvalue weighted by Crippen LogP contribution is 2.32. The van der Waals surface area contributed by atoms with Gasteiger partial charge in [0.1, 0.15) is 5.82 Å². The molecular weight excluding hydrogens is 265 g/mol. The van der Waals surface area contributed by atoms with Crippen molar-refractivity contribution < 1.29 is 9.18 Å². The molecule has 3 rings (SSSR count). The van der Waals surface area contributed by atoms with Crippen LogP contribution in [0, 0.1) is 5.82 Å². The minimum Gasteiger partial charge on any atom is -0.356 e. The lowest BCUT2D eigenvalue weighted by Gasteiger charge is -2.23. The normalized spacial score (nSPS) is 18.2. The molecule has 0 amide bonds. The Balaban J connectivity index is 1.80. The standard InChI is InChI=1S/C18H16FNO/c19-17-8-4-5-9-18(17)20-15-10-14(11-16(21)12-15)13-6-2-1-3-7-13/h1-9,12,14,20H,10-11H2/t14-/m0/s1. The quantitative estimate of drug-likeness (QED) is 0.910. The van der Waals surface area contributed by atoms with Gasteiger partial charge in [-0.25, -0.2) is 4.39 Å². The molecule has 0 bridgehead atoms. The molecule has 0 radical (unpaired) electrons. The Morgan fingerprint density at radius 1 is 0.952 bits per heavy atom. The van der Waals surface area contributed by atoms with Crippen LogP contribution in [0.1, 0.15) is 24.3 Å². The molecule has 1 aliphatic carbocycles. The highest BCUT2D eigenvalue weighted by molar-refractivity contribution is 5.92. The number of carbonyl (C=O) groups excluding carboxylic acids is 1. The van der Waals surface area contributed by atoms with Gasteiger partial charge in [0, 0.05) is 18.2 Å². The van der Waals surface area contributed by atoms with Gasteiger partial charge in [-0.05, 0) is 30.0 Å². The van der Waals surface area contributed by atoms with Gasteiger partial charge < -0.3 is 5.32 Å². The maximum absolute atomic E-state index is 13.7. The number of halogens is 1. The second-order valence-electron chi connectivity index (χ2n) is 5.26. The van der Waals surface area contributed by atoms with Crippen molar-refractivity contribution in [2.45, 2.75) is 18.8 Å². The number of allylic oxidation sites excluding steroid dienone is 2. The van der Waals surface area contributed by atoms with E-state index in [9.17, 15) is 9.18 Å². The smallest absolute Gasteiger partial charge is 0.158 e. The van der Waals surface area contributed by atoms with Crippen LogP contribution in [0.25, 0.3) is 0 Å². The van der Waals surface area contributed by atoms with Crippen molar-refractivity contribution >= 4 is 11.5 Å². The van der Waals surface area contributed by atoms with Crippen molar-refractivity contribution in [3.05, 3.63) is 77.8 Å². The third kappa shape index (κ3) is 3.19.